The molecule has 4 aromatic rings. The molecular weight excluding hydrogens is 338 g/mol. The molecule has 0 bridgehead atoms. The van der Waals surface area contributed by atoms with Crippen LogP contribution in [-0.4, -0.2) is 25.9 Å². The lowest BCUT2D eigenvalue weighted by atomic mass is 10.0. The predicted octanol–water partition coefficient (Wildman–Crippen LogP) is 3.95. The van der Waals surface area contributed by atoms with E-state index in [2.05, 4.69) is 20.6 Å². The number of amides is 1. The number of benzene rings is 2. The summed E-state index contributed by atoms with van der Waals surface area (Å²) in [5.41, 5.74) is 5.25. The zero-order valence-corrected chi connectivity index (χ0v) is 14.7. The van der Waals surface area contributed by atoms with E-state index in [-0.39, 0.29) is 5.91 Å². The predicted molar refractivity (Wildman–Crippen MR) is 104 cm³/mol. The van der Waals surface area contributed by atoms with Gasteiger partial charge in [-0.25, -0.2) is 4.68 Å². The molecule has 0 saturated carbocycles. The van der Waals surface area contributed by atoms with Crippen molar-refractivity contribution in [3.63, 3.8) is 0 Å². The second-order valence-electron chi connectivity index (χ2n) is 6.07. The normalized spacial score (nSPS) is 10.6. The molecule has 6 heteroatoms. The summed E-state index contributed by atoms with van der Waals surface area (Å²) in [7, 11) is 0. The molecule has 0 aliphatic carbocycles. The van der Waals surface area contributed by atoms with Gasteiger partial charge in [0, 0.05) is 36.1 Å². The van der Waals surface area contributed by atoms with Gasteiger partial charge >= 0.3 is 0 Å². The maximum atomic E-state index is 11.5. The quantitative estimate of drug-likeness (QED) is 0.601. The highest BCUT2D eigenvalue weighted by Gasteiger charge is 2.09. The SMILES string of the molecule is CC(=O)Nc1ccccc1-c1cccc(-n2cc(-c3cccnc3)nn2)c1. The summed E-state index contributed by atoms with van der Waals surface area (Å²) in [5, 5.41) is 11.4. The van der Waals surface area contributed by atoms with Gasteiger partial charge in [-0.2, -0.15) is 0 Å². The first-order chi connectivity index (χ1) is 13.2. The smallest absolute Gasteiger partial charge is 0.221 e. The van der Waals surface area contributed by atoms with Crippen molar-refractivity contribution in [2.24, 2.45) is 0 Å². The summed E-state index contributed by atoms with van der Waals surface area (Å²) in [6.07, 6.45) is 5.36. The van der Waals surface area contributed by atoms with Gasteiger partial charge in [0.25, 0.3) is 0 Å². The van der Waals surface area contributed by atoms with Crippen molar-refractivity contribution in [3.8, 4) is 28.1 Å². The molecule has 27 heavy (non-hydrogen) atoms. The van der Waals surface area contributed by atoms with E-state index < -0.39 is 0 Å². The van der Waals surface area contributed by atoms with Crippen LogP contribution in [0, 0.1) is 0 Å². The first-order valence-electron chi connectivity index (χ1n) is 8.51. The molecule has 132 valence electrons. The van der Waals surface area contributed by atoms with Gasteiger partial charge in [-0.15, -0.1) is 5.10 Å². The maximum absolute atomic E-state index is 11.5. The number of nitrogens with zero attached hydrogens (tertiary/aromatic N) is 4. The fourth-order valence-corrected chi connectivity index (χ4v) is 2.89. The number of nitrogens with one attached hydrogen (secondary N) is 1. The Labute approximate surface area is 156 Å². The van der Waals surface area contributed by atoms with Crippen LogP contribution in [0.25, 0.3) is 28.1 Å². The zero-order chi connectivity index (χ0) is 18.6. The third kappa shape index (κ3) is 3.59. The van der Waals surface area contributed by atoms with Crippen molar-refractivity contribution in [1.82, 2.24) is 20.0 Å². The van der Waals surface area contributed by atoms with Crippen LogP contribution < -0.4 is 5.32 Å². The van der Waals surface area contributed by atoms with Crippen LogP contribution in [0.4, 0.5) is 5.69 Å². The minimum absolute atomic E-state index is 0.101. The molecule has 4 rings (SSSR count). The van der Waals surface area contributed by atoms with Gasteiger partial charge in [-0.1, -0.05) is 35.5 Å². The lowest BCUT2D eigenvalue weighted by molar-refractivity contribution is -0.114. The van der Waals surface area contributed by atoms with Crippen molar-refractivity contribution >= 4 is 11.6 Å². The van der Waals surface area contributed by atoms with Crippen LogP contribution in [0.1, 0.15) is 6.92 Å². The highest BCUT2D eigenvalue weighted by atomic mass is 16.1. The van der Waals surface area contributed by atoms with Crippen LogP contribution in [0.5, 0.6) is 0 Å². The van der Waals surface area contributed by atoms with Crippen molar-refractivity contribution < 1.29 is 4.79 Å². The highest BCUT2D eigenvalue weighted by molar-refractivity contribution is 5.94. The van der Waals surface area contributed by atoms with E-state index in [1.54, 1.807) is 17.1 Å². The van der Waals surface area contributed by atoms with Gasteiger partial charge in [0.2, 0.25) is 5.91 Å². The van der Waals surface area contributed by atoms with Crippen molar-refractivity contribution in [3.05, 3.63) is 79.3 Å². The first kappa shape index (κ1) is 16.7. The molecule has 0 aliphatic heterocycles. The molecule has 0 atom stereocenters. The Morgan fingerprint density at radius 1 is 1.00 bits per heavy atom. The largest absolute Gasteiger partial charge is 0.326 e. The Balaban J connectivity index is 1.70. The van der Waals surface area contributed by atoms with E-state index in [9.17, 15) is 4.79 Å². The number of carbonyl (C=O) groups excluding carboxylic acids is 1. The highest BCUT2D eigenvalue weighted by Crippen LogP contribution is 2.29. The summed E-state index contributed by atoms with van der Waals surface area (Å²) in [4.78, 5) is 15.6. The molecule has 1 amide bonds. The third-order valence-corrected chi connectivity index (χ3v) is 4.11. The minimum Gasteiger partial charge on any atom is -0.326 e. The Morgan fingerprint density at radius 3 is 2.67 bits per heavy atom. The summed E-state index contributed by atoms with van der Waals surface area (Å²) < 4.78 is 1.73. The Morgan fingerprint density at radius 2 is 1.85 bits per heavy atom. The number of anilines is 1. The van der Waals surface area contributed by atoms with Crippen LogP contribution in [0.3, 0.4) is 0 Å². The second kappa shape index (κ2) is 7.21. The van der Waals surface area contributed by atoms with Gasteiger partial charge in [-0.3, -0.25) is 9.78 Å². The molecule has 0 unspecified atom stereocenters. The van der Waals surface area contributed by atoms with Gasteiger partial charge in [0.05, 0.1) is 11.9 Å². The molecule has 6 nitrogen and oxygen atoms in total. The topological polar surface area (TPSA) is 72.7 Å². The molecule has 0 aliphatic rings. The van der Waals surface area contributed by atoms with E-state index in [0.29, 0.717) is 0 Å². The monoisotopic (exact) mass is 355 g/mol. The first-order valence-corrected chi connectivity index (χ1v) is 8.51. The molecule has 2 aromatic heterocycles. The van der Waals surface area contributed by atoms with Crippen molar-refractivity contribution in [2.45, 2.75) is 6.92 Å². The zero-order valence-electron chi connectivity index (χ0n) is 14.7. The molecule has 1 N–H and O–H groups in total. The van der Waals surface area contributed by atoms with E-state index >= 15 is 0 Å². The standard InChI is InChI=1S/C21H17N5O/c1-15(27)23-20-10-3-2-9-19(20)16-6-4-8-18(12-16)26-14-21(24-25-26)17-7-5-11-22-13-17/h2-14H,1H3,(H,23,27). The summed E-state index contributed by atoms with van der Waals surface area (Å²) in [6, 6.07) is 19.5. The molecule has 0 fully saturated rings. The Kier molecular flexibility index (Phi) is 4.45. The van der Waals surface area contributed by atoms with Crippen LogP contribution >= 0.6 is 0 Å². The van der Waals surface area contributed by atoms with Crippen LogP contribution in [-0.2, 0) is 4.79 Å². The van der Waals surface area contributed by atoms with E-state index in [4.69, 9.17) is 0 Å². The molecule has 0 saturated heterocycles. The molecule has 2 aromatic carbocycles. The average molecular weight is 355 g/mol. The average Bonchev–Trinajstić information content (AvgIpc) is 3.19. The number of rotatable bonds is 4. The lowest BCUT2D eigenvalue weighted by Gasteiger charge is -2.11. The molecule has 0 spiro atoms. The van der Waals surface area contributed by atoms with Gasteiger partial charge in [0.1, 0.15) is 5.69 Å². The number of para-hydroxylation sites is 1. The number of aromatic nitrogens is 4. The van der Waals surface area contributed by atoms with E-state index in [1.165, 1.54) is 6.92 Å². The number of hydrogen-bond acceptors (Lipinski definition) is 4. The second-order valence-corrected chi connectivity index (χ2v) is 6.07. The number of pyridine rings is 1. The Hall–Kier alpha value is -3.80. The molecular formula is C21H17N5O. The minimum atomic E-state index is -0.101. The summed E-state index contributed by atoms with van der Waals surface area (Å²) in [5.74, 6) is -0.101. The lowest BCUT2D eigenvalue weighted by Crippen LogP contribution is -2.06. The maximum Gasteiger partial charge on any atom is 0.221 e. The van der Waals surface area contributed by atoms with Crippen LogP contribution in [0.15, 0.2) is 79.3 Å². The summed E-state index contributed by atoms with van der Waals surface area (Å²) >= 11 is 0. The van der Waals surface area contributed by atoms with E-state index in [1.807, 2.05) is 66.9 Å². The summed E-state index contributed by atoms with van der Waals surface area (Å²) in [6.45, 7) is 1.50. The Bertz CT molecular complexity index is 1090. The van der Waals surface area contributed by atoms with E-state index in [0.717, 1.165) is 33.8 Å². The molecule has 2 heterocycles. The fraction of sp³-hybridized carbons (Fsp3) is 0.0476. The van der Waals surface area contributed by atoms with Gasteiger partial charge in [0.15, 0.2) is 0 Å². The van der Waals surface area contributed by atoms with Crippen molar-refractivity contribution in [1.29, 1.82) is 0 Å². The number of hydrogen-bond donors (Lipinski definition) is 1. The van der Waals surface area contributed by atoms with Crippen molar-refractivity contribution in [2.75, 3.05) is 5.32 Å². The van der Waals surface area contributed by atoms with Crippen LogP contribution in [0.2, 0.25) is 0 Å². The fourth-order valence-electron chi connectivity index (χ4n) is 2.89. The number of carbonyl (C=O) groups is 1. The third-order valence-electron chi connectivity index (χ3n) is 4.11. The molecule has 0 radical (unpaired) electrons. The van der Waals surface area contributed by atoms with Gasteiger partial charge < -0.3 is 5.32 Å². The van der Waals surface area contributed by atoms with Gasteiger partial charge in [-0.05, 0) is 35.9 Å².